The zero-order chi connectivity index (χ0) is 11.4. The van der Waals surface area contributed by atoms with E-state index in [1.807, 2.05) is 25.1 Å². The first-order chi connectivity index (χ1) is 7.79. The van der Waals surface area contributed by atoms with Gasteiger partial charge in [-0.25, -0.2) is 0 Å². The van der Waals surface area contributed by atoms with E-state index in [1.54, 1.807) is 0 Å². The van der Waals surface area contributed by atoms with E-state index in [0.717, 1.165) is 12.1 Å². The minimum Gasteiger partial charge on any atom is -0.393 e. The Hall–Kier alpha value is -1.19. The highest BCUT2D eigenvalue weighted by atomic mass is 32.1. The third-order valence-electron chi connectivity index (χ3n) is 2.53. The van der Waals surface area contributed by atoms with Crippen molar-refractivity contribution in [1.82, 2.24) is 4.37 Å². The van der Waals surface area contributed by atoms with E-state index in [2.05, 4.69) is 22.6 Å². The van der Waals surface area contributed by atoms with Gasteiger partial charge in [0.05, 0.1) is 16.7 Å². The average molecular weight is 233 g/mol. The summed E-state index contributed by atoms with van der Waals surface area (Å²) in [4.78, 5) is 1.17. The van der Waals surface area contributed by atoms with Crippen molar-refractivity contribution in [2.75, 3.05) is 0 Å². The Kier molecular flexibility index (Phi) is 3.70. The van der Waals surface area contributed by atoms with E-state index in [9.17, 15) is 5.11 Å². The minimum atomic E-state index is -0.272. The predicted molar refractivity (Wildman–Crippen MR) is 67.6 cm³/mol. The van der Waals surface area contributed by atoms with E-state index >= 15 is 0 Å². The van der Waals surface area contributed by atoms with E-state index in [1.165, 1.54) is 22.0 Å². The maximum Gasteiger partial charge on any atom is 0.0593 e. The van der Waals surface area contributed by atoms with Crippen LogP contribution in [-0.4, -0.2) is 15.6 Å². The van der Waals surface area contributed by atoms with Gasteiger partial charge in [0.2, 0.25) is 0 Å². The van der Waals surface area contributed by atoms with Crippen LogP contribution < -0.4 is 0 Å². The molecule has 0 bridgehead atoms. The van der Waals surface area contributed by atoms with Crippen molar-refractivity contribution in [2.24, 2.45) is 0 Å². The molecule has 1 aromatic heterocycles. The molecule has 0 spiro atoms. The van der Waals surface area contributed by atoms with Gasteiger partial charge in [-0.05, 0) is 29.6 Å². The molecule has 3 heteroatoms. The molecule has 0 fully saturated rings. The summed E-state index contributed by atoms with van der Waals surface area (Å²) in [5, 5.41) is 9.56. The number of aliphatic hydroxyl groups excluding tert-OH is 1. The third-order valence-corrected chi connectivity index (χ3v) is 3.41. The van der Waals surface area contributed by atoms with Crippen LogP contribution in [0.1, 0.15) is 19.0 Å². The second-order valence-corrected chi connectivity index (χ2v) is 4.62. The molecule has 0 aliphatic rings. The molecule has 0 aliphatic carbocycles. The Morgan fingerprint density at radius 2 is 2.06 bits per heavy atom. The molecular weight excluding hydrogens is 218 g/mol. The molecule has 1 atom stereocenters. The summed E-state index contributed by atoms with van der Waals surface area (Å²) in [6.45, 7) is 1.98. The average Bonchev–Trinajstić information content (AvgIpc) is 2.78. The summed E-state index contributed by atoms with van der Waals surface area (Å²) < 4.78 is 4.36. The Morgan fingerprint density at radius 3 is 2.75 bits per heavy atom. The van der Waals surface area contributed by atoms with Crippen LogP contribution in [0, 0.1) is 0 Å². The summed E-state index contributed by atoms with van der Waals surface area (Å²) in [7, 11) is 0. The minimum absolute atomic E-state index is 0.272. The molecule has 1 aromatic carbocycles. The highest BCUT2D eigenvalue weighted by Gasteiger charge is 2.08. The van der Waals surface area contributed by atoms with Gasteiger partial charge in [-0.1, -0.05) is 37.3 Å². The zero-order valence-corrected chi connectivity index (χ0v) is 10.1. The smallest absolute Gasteiger partial charge is 0.0593 e. The van der Waals surface area contributed by atoms with Crippen LogP contribution in [0.25, 0.3) is 10.4 Å². The van der Waals surface area contributed by atoms with Crippen LogP contribution in [-0.2, 0) is 6.42 Å². The van der Waals surface area contributed by atoms with Crippen molar-refractivity contribution in [3.8, 4) is 10.4 Å². The highest BCUT2D eigenvalue weighted by molar-refractivity contribution is 7.09. The molecule has 16 heavy (non-hydrogen) atoms. The summed E-state index contributed by atoms with van der Waals surface area (Å²) >= 11 is 1.49. The SMILES string of the molecule is CCC(O)Cc1cc(-c2ccccc2)sn1. The first kappa shape index (κ1) is 11.3. The van der Waals surface area contributed by atoms with Crippen molar-refractivity contribution in [3.05, 3.63) is 42.1 Å². The fourth-order valence-corrected chi connectivity index (χ4v) is 2.31. The monoisotopic (exact) mass is 233 g/mol. The first-order valence-electron chi connectivity index (χ1n) is 5.48. The van der Waals surface area contributed by atoms with Gasteiger partial charge in [-0.2, -0.15) is 4.37 Å². The van der Waals surface area contributed by atoms with Crippen molar-refractivity contribution in [1.29, 1.82) is 0 Å². The van der Waals surface area contributed by atoms with Crippen LogP contribution in [0.15, 0.2) is 36.4 Å². The molecular formula is C13H15NOS. The largest absolute Gasteiger partial charge is 0.393 e. The van der Waals surface area contributed by atoms with E-state index < -0.39 is 0 Å². The number of nitrogens with zero attached hydrogens (tertiary/aromatic N) is 1. The molecule has 1 unspecified atom stereocenters. The quantitative estimate of drug-likeness (QED) is 0.880. The highest BCUT2D eigenvalue weighted by Crippen LogP contribution is 2.24. The van der Waals surface area contributed by atoms with Crippen LogP contribution >= 0.6 is 11.5 Å². The summed E-state index contributed by atoms with van der Waals surface area (Å²) in [6.07, 6.45) is 1.16. The van der Waals surface area contributed by atoms with E-state index in [0.29, 0.717) is 6.42 Å². The molecule has 84 valence electrons. The zero-order valence-electron chi connectivity index (χ0n) is 9.26. The lowest BCUT2D eigenvalue weighted by atomic mass is 10.1. The lowest BCUT2D eigenvalue weighted by Gasteiger charge is -2.03. The number of aromatic nitrogens is 1. The number of aliphatic hydroxyl groups is 1. The summed E-state index contributed by atoms with van der Waals surface area (Å²) in [5.74, 6) is 0. The van der Waals surface area contributed by atoms with Gasteiger partial charge in [0.25, 0.3) is 0 Å². The van der Waals surface area contributed by atoms with Crippen LogP contribution in [0.4, 0.5) is 0 Å². The van der Waals surface area contributed by atoms with Gasteiger partial charge in [-0.3, -0.25) is 0 Å². The predicted octanol–water partition coefficient (Wildman–Crippen LogP) is 3.12. The molecule has 0 radical (unpaired) electrons. The standard InChI is InChI=1S/C13H15NOS/c1-2-12(15)8-11-9-13(16-14-11)10-6-4-3-5-7-10/h3-7,9,12,15H,2,8H2,1H3. The second-order valence-electron chi connectivity index (χ2n) is 3.81. The van der Waals surface area contributed by atoms with E-state index in [4.69, 9.17) is 0 Å². The molecule has 0 aliphatic heterocycles. The second kappa shape index (κ2) is 5.23. The van der Waals surface area contributed by atoms with Crippen molar-refractivity contribution in [3.63, 3.8) is 0 Å². The number of hydrogen-bond donors (Lipinski definition) is 1. The Balaban J connectivity index is 2.14. The number of benzene rings is 1. The molecule has 1 heterocycles. The molecule has 1 N–H and O–H groups in total. The van der Waals surface area contributed by atoms with Gasteiger partial charge in [0, 0.05) is 6.42 Å². The van der Waals surface area contributed by atoms with Gasteiger partial charge in [-0.15, -0.1) is 0 Å². The van der Waals surface area contributed by atoms with Crippen molar-refractivity contribution in [2.45, 2.75) is 25.9 Å². The normalized spacial score (nSPS) is 12.6. The molecule has 0 saturated heterocycles. The van der Waals surface area contributed by atoms with E-state index in [-0.39, 0.29) is 6.10 Å². The molecule has 2 rings (SSSR count). The van der Waals surface area contributed by atoms with Crippen molar-refractivity contribution >= 4 is 11.5 Å². The fraction of sp³-hybridized carbons (Fsp3) is 0.308. The molecule has 2 nitrogen and oxygen atoms in total. The molecule has 2 aromatic rings. The van der Waals surface area contributed by atoms with Gasteiger partial charge >= 0.3 is 0 Å². The third kappa shape index (κ3) is 2.68. The molecule has 0 amide bonds. The molecule has 0 saturated carbocycles. The topological polar surface area (TPSA) is 33.1 Å². The van der Waals surface area contributed by atoms with Gasteiger partial charge in [0.1, 0.15) is 0 Å². The Labute approximate surface area is 99.7 Å². The Morgan fingerprint density at radius 1 is 1.31 bits per heavy atom. The summed E-state index contributed by atoms with van der Waals surface area (Å²) in [5.41, 5.74) is 2.18. The maximum absolute atomic E-state index is 9.56. The van der Waals surface area contributed by atoms with Crippen molar-refractivity contribution < 1.29 is 5.11 Å². The van der Waals surface area contributed by atoms with Crippen LogP contribution in [0.2, 0.25) is 0 Å². The number of hydrogen-bond acceptors (Lipinski definition) is 3. The Bertz CT molecular complexity index is 438. The number of rotatable bonds is 4. The first-order valence-corrected chi connectivity index (χ1v) is 6.26. The van der Waals surface area contributed by atoms with Gasteiger partial charge in [0.15, 0.2) is 0 Å². The lowest BCUT2D eigenvalue weighted by Crippen LogP contribution is -2.08. The van der Waals surface area contributed by atoms with Crippen LogP contribution in [0.5, 0.6) is 0 Å². The lowest BCUT2D eigenvalue weighted by molar-refractivity contribution is 0.170. The van der Waals surface area contributed by atoms with Gasteiger partial charge < -0.3 is 5.11 Å². The van der Waals surface area contributed by atoms with Crippen LogP contribution in [0.3, 0.4) is 0 Å². The maximum atomic E-state index is 9.56. The summed E-state index contributed by atoms with van der Waals surface area (Å²) in [6, 6.07) is 12.3. The fourth-order valence-electron chi connectivity index (χ4n) is 1.53.